The van der Waals surface area contributed by atoms with E-state index in [1.54, 1.807) is 25.3 Å². The number of furan rings is 1. The van der Waals surface area contributed by atoms with Gasteiger partial charge in [-0.15, -0.1) is 0 Å². The summed E-state index contributed by atoms with van der Waals surface area (Å²) >= 11 is 18.7. The summed E-state index contributed by atoms with van der Waals surface area (Å²) in [5, 5.41) is 17.2. The summed E-state index contributed by atoms with van der Waals surface area (Å²) in [5.74, 6) is 1.48. The summed E-state index contributed by atoms with van der Waals surface area (Å²) in [6, 6.07) is 18.7. The Kier molecular flexibility index (Phi) is 7.33. The van der Waals surface area contributed by atoms with Crippen molar-refractivity contribution in [3.05, 3.63) is 86.9 Å². The fourth-order valence-corrected chi connectivity index (χ4v) is 4.40. The molecule has 0 aliphatic heterocycles. The molecule has 0 atom stereocenters. The van der Waals surface area contributed by atoms with E-state index in [1.807, 2.05) is 42.5 Å². The van der Waals surface area contributed by atoms with E-state index in [9.17, 15) is 0 Å². The minimum Gasteiger partial charge on any atom is -0.496 e. The van der Waals surface area contributed by atoms with Crippen molar-refractivity contribution < 1.29 is 9.15 Å². The fraction of sp³-hybridized carbons (Fsp3) is 0.160. The molecular weight excluding hydrogens is 481 g/mol. The average Bonchev–Trinajstić information content (AvgIpc) is 3.22. The second-order valence-corrected chi connectivity index (χ2v) is 8.64. The molecule has 0 radical (unpaired) electrons. The van der Waals surface area contributed by atoms with Crippen LogP contribution in [0, 0.1) is 5.41 Å². The lowest BCUT2D eigenvalue weighted by molar-refractivity contribution is 0.409. The van der Waals surface area contributed by atoms with Crippen LogP contribution in [0.4, 0.5) is 0 Å². The Labute approximate surface area is 207 Å². The van der Waals surface area contributed by atoms with Crippen molar-refractivity contribution in [3.8, 4) is 17.1 Å². The van der Waals surface area contributed by atoms with Crippen LogP contribution in [0.3, 0.4) is 0 Å². The Hall–Kier alpha value is -2.86. The molecule has 3 N–H and O–H groups in total. The maximum Gasteiger partial charge on any atom is 0.188 e. The van der Waals surface area contributed by atoms with Crippen LogP contribution in [0.5, 0.6) is 5.75 Å². The second-order valence-electron chi connectivity index (χ2n) is 7.39. The average molecular weight is 503 g/mol. The highest BCUT2D eigenvalue weighted by Gasteiger charge is 2.19. The van der Waals surface area contributed by atoms with Gasteiger partial charge >= 0.3 is 0 Å². The van der Waals surface area contributed by atoms with Crippen molar-refractivity contribution >= 4 is 51.7 Å². The Morgan fingerprint density at radius 3 is 2.55 bits per heavy atom. The maximum absolute atomic E-state index is 8.26. The maximum atomic E-state index is 8.26. The number of para-hydroxylation sites is 1. The first kappa shape index (κ1) is 23.3. The van der Waals surface area contributed by atoms with Gasteiger partial charge in [0.1, 0.15) is 17.1 Å². The SMILES string of the molecule is COc1ccc(Cl)c(-c2cc3ccccc3o2)c1CNC(=N)NCCc1ccc(Cl)cc1Cl. The molecule has 0 bridgehead atoms. The highest BCUT2D eigenvalue weighted by Crippen LogP contribution is 2.39. The van der Waals surface area contributed by atoms with Crippen LogP contribution in [0.15, 0.2) is 65.1 Å². The zero-order valence-electron chi connectivity index (χ0n) is 17.8. The molecule has 8 heteroatoms. The van der Waals surface area contributed by atoms with Gasteiger partial charge in [0.25, 0.3) is 0 Å². The number of benzene rings is 3. The van der Waals surface area contributed by atoms with Crippen LogP contribution in [-0.2, 0) is 13.0 Å². The number of halogens is 3. The first-order chi connectivity index (χ1) is 16.0. The summed E-state index contributed by atoms with van der Waals surface area (Å²) in [5.41, 5.74) is 3.28. The van der Waals surface area contributed by atoms with E-state index in [1.165, 1.54) is 0 Å². The normalized spacial score (nSPS) is 10.9. The predicted octanol–water partition coefficient (Wildman–Crippen LogP) is 6.93. The molecule has 0 aliphatic rings. The lowest BCUT2D eigenvalue weighted by Crippen LogP contribution is -2.37. The van der Waals surface area contributed by atoms with Crippen LogP contribution in [-0.4, -0.2) is 19.6 Å². The molecule has 0 aliphatic carbocycles. The number of nitrogens with one attached hydrogen (secondary N) is 3. The summed E-state index contributed by atoms with van der Waals surface area (Å²) in [6.07, 6.45) is 0.658. The van der Waals surface area contributed by atoms with Crippen molar-refractivity contribution in [2.45, 2.75) is 13.0 Å². The lowest BCUT2D eigenvalue weighted by Gasteiger charge is -2.16. The van der Waals surface area contributed by atoms with Gasteiger partial charge in [0.2, 0.25) is 0 Å². The third-order valence-corrected chi connectivity index (χ3v) is 6.17. The third kappa shape index (κ3) is 5.38. The van der Waals surface area contributed by atoms with Crippen molar-refractivity contribution in [3.63, 3.8) is 0 Å². The number of hydrogen-bond donors (Lipinski definition) is 3. The standard InChI is InChI=1S/C25H22Cl3N3O2/c1-32-22-9-8-19(27)24(23-12-16-4-2-3-5-21(16)33-23)18(22)14-31-25(29)30-11-10-15-6-7-17(26)13-20(15)28/h2-9,12-13H,10-11,14H2,1H3,(H3,29,30,31). The van der Waals surface area contributed by atoms with E-state index in [0.29, 0.717) is 46.1 Å². The Balaban J connectivity index is 1.48. The molecule has 1 aromatic heterocycles. The summed E-state index contributed by atoms with van der Waals surface area (Å²) in [6.45, 7) is 0.861. The minimum absolute atomic E-state index is 0.178. The van der Waals surface area contributed by atoms with Gasteiger partial charge in [0.15, 0.2) is 5.96 Å². The second kappa shape index (κ2) is 10.4. The predicted molar refractivity (Wildman–Crippen MR) is 136 cm³/mol. The quantitative estimate of drug-likeness (QED) is 0.189. The molecular formula is C25H22Cl3N3O2. The van der Waals surface area contributed by atoms with Gasteiger partial charge in [-0.1, -0.05) is 59.1 Å². The van der Waals surface area contributed by atoms with Crippen LogP contribution >= 0.6 is 34.8 Å². The lowest BCUT2D eigenvalue weighted by atomic mass is 10.0. The molecule has 5 nitrogen and oxygen atoms in total. The van der Waals surface area contributed by atoms with Crippen molar-refractivity contribution in [2.75, 3.05) is 13.7 Å². The summed E-state index contributed by atoms with van der Waals surface area (Å²) < 4.78 is 11.6. The summed E-state index contributed by atoms with van der Waals surface area (Å²) in [4.78, 5) is 0. The molecule has 0 saturated heterocycles. The highest BCUT2D eigenvalue weighted by molar-refractivity contribution is 6.35. The number of hydrogen-bond acceptors (Lipinski definition) is 3. The van der Waals surface area contributed by atoms with Gasteiger partial charge < -0.3 is 19.8 Å². The van der Waals surface area contributed by atoms with Crippen molar-refractivity contribution in [1.82, 2.24) is 10.6 Å². The van der Waals surface area contributed by atoms with Gasteiger partial charge in [0.05, 0.1) is 12.1 Å². The first-order valence-electron chi connectivity index (χ1n) is 10.3. The molecule has 0 fully saturated rings. The largest absolute Gasteiger partial charge is 0.496 e. The highest BCUT2D eigenvalue weighted by atomic mass is 35.5. The van der Waals surface area contributed by atoms with E-state index >= 15 is 0 Å². The molecule has 4 aromatic rings. The number of ether oxygens (including phenoxy) is 1. The zero-order chi connectivity index (χ0) is 23.4. The Morgan fingerprint density at radius 2 is 1.79 bits per heavy atom. The number of fused-ring (bicyclic) bond motifs is 1. The third-order valence-electron chi connectivity index (χ3n) is 5.26. The molecule has 3 aromatic carbocycles. The van der Waals surface area contributed by atoms with Crippen molar-refractivity contribution in [1.29, 1.82) is 5.41 Å². The topological polar surface area (TPSA) is 70.3 Å². The minimum atomic E-state index is 0.178. The van der Waals surface area contributed by atoms with E-state index in [-0.39, 0.29) is 5.96 Å². The fourth-order valence-electron chi connectivity index (χ4n) is 3.62. The summed E-state index contributed by atoms with van der Waals surface area (Å²) in [7, 11) is 1.61. The van der Waals surface area contributed by atoms with Gasteiger partial charge in [-0.2, -0.15) is 0 Å². The number of guanidine groups is 1. The van der Waals surface area contributed by atoms with Gasteiger partial charge in [0, 0.05) is 39.6 Å². The molecule has 170 valence electrons. The molecule has 0 amide bonds. The molecule has 0 spiro atoms. The van der Waals surface area contributed by atoms with Crippen LogP contribution in [0.2, 0.25) is 15.1 Å². The zero-order valence-corrected chi connectivity index (χ0v) is 20.1. The Bertz CT molecular complexity index is 1270. The monoisotopic (exact) mass is 501 g/mol. The van der Waals surface area contributed by atoms with Crippen LogP contribution in [0.25, 0.3) is 22.3 Å². The van der Waals surface area contributed by atoms with E-state index in [2.05, 4.69) is 10.6 Å². The van der Waals surface area contributed by atoms with E-state index < -0.39 is 0 Å². The van der Waals surface area contributed by atoms with Gasteiger partial charge in [-0.3, -0.25) is 5.41 Å². The smallest absolute Gasteiger partial charge is 0.188 e. The molecule has 33 heavy (non-hydrogen) atoms. The van der Waals surface area contributed by atoms with Crippen molar-refractivity contribution in [2.24, 2.45) is 0 Å². The number of rotatable bonds is 7. The van der Waals surface area contributed by atoms with Gasteiger partial charge in [-0.25, -0.2) is 0 Å². The molecule has 4 rings (SSSR count). The van der Waals surface area contributed by atoms with Crippen LogP contribution < -0.4 is 15.4 Å². The van der Waals surface area contributed by atoms with Crippen LogP contribution in [0.1, 0.15) is 11.1 Å². The first-order valence-corrected chi connectivity index (χ1v) is 11.4. The Morgan fingerprint density at radius 1 is 0.970 bits per heavy atom. The van der Waals surface area contributed by atoms with Gasteiger partial charge in [-0.05, 0) is 48.4 Å². The molecule has 1 heterocycles. The van der Waals surface area contributed by atoms with E-state index in [0.717, 1.165) is 27.7 Å². The molecule has 0 saturated carbocycles. The van der Waals surface area contributed by atoms with E-state index in [4.69, 9.17) is 49.4 Å². The molecule has 0 unspecified atom stereocenters. The number of methoxy groups -OCH3 is 1.